The third-order valence-corrected chi connectivity index (χ3v) is 4.63. The van der Waals surface area contributed by atoms with Gasteiger partial charge in [-0.1, -0.05) is 12.1 Å². The average Bonchev–Trinajstić information content (AvgIpc) is 2.78. The van der Waals surface area contributed by atoms with Gasteiger partial charge in [-0.2, -0.15) is 0 Å². The molecule has 7 heteroatoms. The van der Waals surface area contributed by atoms with Crippen molar-refractivity contribution in [3.8, 4) is 23.0 Å². The Hall–Kier alpha value is -3.09. The number of rotatable bonds is 11. The molecule has 7 nitrogen and oxygen atoms in total. The molecule has 1 atom stereocenters. The minimum absolute atomic E-state index is 0.0260. The molecule has 0 aliphatic rings. The van der Waals surface area contributed by atoms with Crippen molar-refractivity contribution >= 4 is 5.96 Å². The van der Waals surface area contributed by atoms with Crippen LogP contribution in [0.15, 0.2) is 41.4 Å². The van der Waals surface area contributed by atoms with Crippen molar-refractivity contribution in [3.05, 3.63) is 47.5 Å². The molecule has 0 aliphatic carbocycles. The lowest BCUT2D eigenvalue weighted by Crippen LogP contribution is -2.38. The van der Waals surface area contributed by atoms with Crippen molar-refractivity contribution < 1.29 is 18.9 Å². The molecule has 31 heavy (non-hydrogen) atoms. The predicted octanol–water partition coefficient (Wildman–Crippen LogP) is 4.32. The highest BCUT2D eigenvalue weighted by atomic mass is 16.5. The van der Waals surface area contributed by atoms with Crippen LogP contribution in [0.5, 0.6) is 23.0 Å². The van der Waals surface area contributed by atoms with Crippen LogP contribution in [0.25, 0.3) is 0 Å². The van der Waals surface area contributed by atoms with Crippen LogP contribution < -0.4 is 29.6 Å². The largest absolute Gasteiger partial charge is 0.493 e. The molecule has 2 aromatic rings. The standard InChI is InChI=1S/C24H35N3O4/c1-7-25-24(26-16-18-10-12-20(28-5)22(14-18)29-6)27-17(4)19-11-13-21(30-8-2)23(15-19)31-9-3/h10-15,17H,7-9,16H2,1-6H3,(H2,25,26,27). The Labute approximate surface area is 185 Å². The molecule has 2 aromatic carbocycles. The predicted molar refractivity (Wildman–Crippen MR) is 125 cm³/mol. The van der Waals surface area contributed by atoms with Gasteiger partial charge in [-0.25, -0.2) is 4.99 Å². The number of guanidine groups is 1. The van der Waals surface area contributed by atoms with Crippen LogP contribution in [0, 0.1) is 0 Å². The van der Waals surface area contributed by atoms with Gasteiger partial charge in [-0.3, -0.25) is 0 Å². The average molecular weight is 430 g/mol. The lowest BCUT2D eigenvalue weighted by atomic mass is 10.1. The topological polar surface area (TPSA) is 73.3 Å². The lowest BCUT2D eigenvalue weighted by molar-refractivity contribution is 0.287. The maximum Gasteiger partial charge on any atom is 0.192 e. The summed E-state index contributed by atoms with van der Waals surface area (Å²) < 4.78 is 22.1. The summed E-state index contributed by atoms with van der Waals surface area (Å²) in [6.45, 7) is 10.5. The molecular formula is C24H35N3O4. The summed E-state index contributed by atoms with van der Waals surface area (Å²) in [6.07, 6.45) is 0. The van der Waals surface area contributed by atoms with E-state index in [1.165, 1.54) is 0 Å². The van der Waals surface area contributed by atoms with E-state index in [-0.39, 0.29) is 6.04 Å². The second-order valence-electron chi connectivity index (χ2n) is 6.82. The van der Waals surface area contributed by atoms with Crippen molar-refractivity contribution in [1.29, 1.82) is 0 Å². The molecule has 1 unspecified atom stereocenters. The van der Waals surface area contributed by atoms with Crippen LogP contribution >= 0.6 is 0 Å². The van der Waals surface area contributed by atoms with Gasteiger partial charge < -0.3 is 29.6 Å². The normalized spacial score (nSPS) is 12.1. The maximum atomic E-state index is 5.76. The van der Waals surface area contributed by atoms with E-state index in [9.17, 15) is 0 Å². The second-order valence-corrected chi connectivity index (χ2v) is 6.82. The van der Waals surface area contributed by atoms with E-state index in [1.54, 1.807) is 14.2 Å². The summed E-state index contributed by atoms with van der Waals surface area (Å²) in [6, 6.07) is 11.9. The first kappa shape index (κ1) is 24.2. The van der Waals surface area contributed by atoms with Crippen molar-refractivity contribution in [2.24, 2.45) is 4.99 Å². The van der Waals surface area contributed by atoms with Gasteiger partial charge in [0.15, 0.2) is 29.0 Å². The van der Waals surface area contributed by atoms with Crippen LogP contribution in [0.2, 0.25) is 0 Å². The molecule has 0 aliphatic heterocycles. The summed E-state index contributed by atoms with van der Waals surface area (Å²) in [4.78, 5) is 4.73. The molecule has 0 heterocycles. The summed E-state index contributed by atoms with van der Waals surface area (Å²) in [5, 5.41) is 6.77. The van der Waals surface area contributed by atoms with Crippen LogP contribution in [0.3, 0.4) is 0 Å². The van der Waals surface area contributed by atoms with Crippen molar-refractivity contribution in [3.63, 3.8) is 0 Å². The monoisotopic (exact) mass is 429 g/mol. The van der Waals surface area contributed by atoms with Crippen molar-refractivity contribution in [1.82, 2.24) is 10.6 Å². The molecule has 2 N–H and O–H groups in total. The molecular weight excluding hydrogens is 394 g/mol. The summed E-state index contributed by atoms with van der Waals surface area (Å²) in [7, 11) is 3.26. The van der Waals surface area contributed by atoms with Crippen LogP contribution in [0.1, 0.15) is 44.9 Å². The zero-order valence-corrected chi connectivity index (χ0v) is 19.5. The zero-order valence-electron chi connectivity index (χ0n) is 19.5. The molecule has 170 valence electrons. The number of aliphatic imine (C=N–C) groups is 1. The number of ether oxygens (including phenoxy) is 4. The van der Waals surface area contributed by atoms with E-state index in [4.69, 9.17) is 23.9 Å². The number of hydrogen-bond acceptors (Lipinski definition) is 5. The highest BCUT2D eigenvalue weighted by molar-refractivity contribution is 5.80. The number of hydrogen-bond donors (Lipinski definition) is 2. The minimum Gasteiger partial charge on any atom is -0.493 e. The third kappa shape index (κ3) is 6.98. The number of nitrogens with one attached hydrogen (secondary N) is 2. The van der Waals surface area contributed by atoms with Gasteiger partial charge in [0.1, 0.15) is 0 Å². The fraction of sp³-hybridized carbons (Fsp3) is 0.458. The second kappa shape index (κ2) is 12.6. The molecule has 0 aromatic heterocycles. The third-order valence-electron chi connectivity index (χ3n) is 4.63. The van der Waals surface area contributed by atoms with Crippen LogP contribution in [-0.2, 0) is 6.54 Å². The summed E-state index contributed by atoms with van der Waals surface area (Å²) >= 11 is 0. The van der Waals surface area contributed by atoms with E-state index in [2.05, 4.69) is 17.6 Å². The van der Waals surface area contributed by atoms with Gasteiger partial charge in [-0.05, 0) is 63.1 Å². The first-order valence-electron chi connectivity index (χ1n) is 10.7. The smallest absolute Gasteiger partial charge is 0.192 e. The zero-order chi connectivity index (χ0) is 22.6. The van der Waals surface area contributed by atoms with Crippen LogP contribution in [-0.4, -0.2) is 39.9 Å². The molecule has 0 spiro atoms. The van der Waals surface area contributed by atoms with Gasteiger partial charge in [0.25, 0.3) is 0 Å². The molecule has 0 fully saturated rings. The number of methoxy groups -OCH3 is 2. The molecule has 0 saturated carbocycles. The Morgan fingerprint density at radius 3 is 2.19 bits per heavy atom. The molecule has 0 radical (unpaired) electrons. The highest BCUT2D eigenvalue weighted by Gasteiger charge is 2.13. The Balaban J connectivity index is 2.15. The number of benzene rings is 2. The highest BCUT2D eigenvalue weighted by Crippen LogP contribution is 2.31. The van der Waals surface area contributed by atoms with E-state index in [0.717, 1.165) is 35.1 Å². The Bertz CT molecular complexity index is 855. The van der Waals surface area contributed by atoms with Gasteiger partial charge >= 0.3 is 0 Å². The molecule has 0 bridgehead atoms. The first-order valence-corrected chi connectivity index (χ1v) is 10.7. The first-order chi connectivity index (χ1) is 15.1. The quantitative estimate of drug-likeness (QED) is 0.409. The van der Waals surface area contributed by atoms with Gasteiger partial charge in [-0.15, -0.1) is 0 Å². The SMILES string of the molecule is CCNC(=NCc1ccc(OC)c(OC)c1)NC(C)c1ccc(OCC)c(OCC)c1. The van der Waals surface area contributed by atoms with Crippen LogP contribution in [0.4, 0.5) is 0 Å². The Morgan fingerprint density at radius 1 is 0.871 bits per heavy atom. The summed E-state index contributed by atoms with van der Waals surface area (Å²) in [5.41, 5.74) is 2.12. The van der Waals surface area contributed by atoms with Gasteiger partial charge in [0, 0.05) is 6.54 Å². The van der Waals surface area contributed by atoms with E-state index >= 15 is 0 Å². The maximum absolute atomic E-state index is 5.76. The molecule has 0 amide bonds. The fourth-order valence-corrected chi connectivity index (χ4v) is 3.09. The number of nitrogens with zero attached hydrogens (tertiary/aromatic N) is 1. The Morgan fingerprint density at radius 2 is 1.55 bits per heavy atom. The fourth-order valence-electron chi connectivity index (χ4n) is 3.09. The van der Waals surface area contributed by atoms with E-state index < -0.39 is 0 Å². The minimum atomic E-state index is 0.0260. The lowest BCUT2D eigenvalue weighted by Gasteiger charge is -2.20. The van der Waals surface area contributed by atoms with E-state index in [0.29, 0.717) is 31.3 Å². The molecule has 0 saturated heterocycles. The van der Waals surface area contributed by atoms with Crippen molar-refractivity contribution in [2.45, 2.75) is 40.3 Å². The Kier molecular flexibility index (Phi) is 9.81. The van der Waals surface area contributed by atoms with Gasteiger partial charge in [0.05, 0.1) is 40.0 Å². The summed E-state index contributed by atoms with van der Waals surface area (Å²) in [5.74, 6) is 3.64. The van der Waals surface area contributed by atoms with E-state index in [1.807, 2.05) is 57.2 Å². The van der Waals surface area contributed by atoms with Gasteiger partial charge in [0.2, 0.25) is 0 Å². The van der Waals surface area contributed by atoms with Crippen molar-refractivity contribution in [2.75, 3.05) is 34.0 Å². The molecule has 2 rings (SSSR count).